The van der Waals surface area contributed by atoms with Crippen molar-refractivity contribution in [3.63, 3.8) is 0 Å². The largest absolute Gasteiger partial charge is 0.493 e. The standard InChI is InChI=1S/C23H26N2O2/c1-25(15-12-19-10-13-24-14-11-19)17-21-8-9-22(23(16-21)26-2)27-18-20-6-4-3-5-7-20/h3-11,13-14,16H,12,15,17-18H2,1-2H3. The first kappa shape index (κ1) is 18.9. The van der Waals surface area contributed by atoms with Gasteiger partial charge in [0.25, 0.3) is 0 Å². The molecule has 0 atom stereocenters. The lowest BCUT2D eigenvalue weighted by atomic mass is 10.1. The Labute approximate surface area is 161 Å². The molecule has 0 spiro atoms. The smallest absolute Gasteiger partial charge is 0.161 e. The van der Waals surface area contributed by atoms with Crippen LogP contribution in [0.15, 0.2) is 73.1 Å². The van der Waals surface area contributed by atoms with E-state index >= 15 is 0 Å². The lowest BCUT2D eigenvalue weighted by Crippen LogP contribution is -2.20. The van der Waals surface area contributed by atoms with Gasteiger partial charge in [-0.05, 0) is 54.4 Å². The molecule has 3 rings (SSSR count). The first-order valence-electron chi connectivity index (χ1n) is 9.15. The van der Waals surface area contributed by atoms with Gasteiger partial charge < -0.3 is 14.4 Å². The highest BCUT2D eigenvalue weighted by molar-refractivity contribution is 5.43. The summed E-state index contributed by atoms with van der Waals surface area (Å²) in [6.07, 6.45) is 4.69. The van der Waals surface area contributed by atoms with E-state index in [1.54, 1.807) is 7.11 Å². The molecule has 0 saturated heterocycles. The topological polar surface area (TPSA) is 34.6 Å². The summed E-state index contributed by atoms with van der Waals surface area (Å²) in [5.74, 6) is 1.54. The summed E-state index contributed by atoms with van der Waals surface area (Å²) < 4.78 is 11.5. The van der Waals surface area contributed by atoms with Crippen LogP contribution in [0.25, 0.3) is 0 Å². The van der Waals surface area contributed by atoms with E-state index in [0.29, 0.717) is 6.61 Å². The van der Waals surface area contributed by atoms with E-state index < -0.39 is 0 Å². The summed E-state index contributed by atoms with van der Waals surface area (Å²) >= 11 is 0. The lowest BCUT2D eigenvalue weighted by molar-refractivity contribution is 0.283. The van der Waals surface area contributed by atoms with Crippen LogP contribution in [0, 0.1) is 0 Å². The second-order valence-electron chi connectivity index (χ2n) is 6.60. The summed E-state index contributed by atoms with van der Waals surface area (Å²) in [7, 11) is 3.81. The minimum absolute atomic E-state index is 0.530. The van der Waals surface area contributed by atoms with Crippen molar-refractivity contribution >= 4 is 0 Å². The minimum atomic E-state index is 0.530. The zero-order chi connectivity index (χ0) is 18.9. The number of hydrogen-bond acceptors (Lipinski definition) is 4. The van der Waals surface area contributed by atoms with E-state index in [2.05, 4.69) is 53.3 Å². The fraction of sp³-hybridized carbons (Fsp3) is 0.261. The van der Waals surface area contributed by atoms with Gasteiger partial charge in [-0.1, -0.05) is 36.4 Å². The van der Waals surface area contributed by atoms with Crippen LogP contribution < -0.4 is 9.47 Å². The van der Waals surface area contributed by atoms with E-state index in [1.807, 2.05) is 36.7 Å². The van der Waals surface area contributed by atoms with Gasteiger partial charge in [0.05, 0.1) is 7.11 Å². The number of ether oxygens (including phenoxy) is 2. The SMILES string of the molecule is COc1cc(CN(C)CCc2ccncc2)ccc1OCc1ccccc1. The molecule has 0 unspecified atom stereocenters. The van der Waals surface area contributed by atoms with Crippen LogP contribution in [0.2, 0.25) is 0 Å². The monoisotopic (exact) mass is 362 g/mol. The minimum Gasteiger partial charge on any atom is -0.493 e. The zero-order valence-corrected chi connectivity index (χ0v) is 16.0. The van der Waals surface area contributed by atoms with Crippen LogP contribution in [0.3, 0.4) is 0 Å². The number of likely N-dealkylation sites (N-methyl/N-ethyl adjacent to an activating group) is 1. The summed E-state index contributed by atoms with van der Waals surface area (Å²) in [5.41, 5.74) is 3.65. The Hall–Kier alpha value is -2.85. The molecule has 0 N–H and O–H groups in total. The first-order chi connectivity index (χ1) is 13.2. The molecule has 4 heteroatoms. The van der Waals surface area contributed by atoms with E-state index in [0.717, 1.165) is 36.6 Å². The van der Waals surface area contributed by atoms with E-state index in [-0.39, 0.29) is 0 Å². The van der Waals surface area contributed by atoms with Crippen molar-refractivity contribution in [2.75, 3.05) is 20.7 Å². The third kappa shape index (κ3) is 5.83. The third-order valence-corrected chi connectivity index (χ3v) is 4.45. The van der Waals surface area contributed by atoms with Gasteiger partial charge in [0.15, 0.2) is 11.5 Å². The number of aromatic nitrogens is 1. The maximum absolute atomic E-state index is 5.93. The molecular weight excluding hydrogens is 336 g/mol. The van der Waals surface area contributed by atoms with Crippen molar-refractivity contribution < 1.29 is 9.47 Å². The van der Waals surface area contributed by atoms with Crippen LogP contribution in [-0.2, 0) is 19.6 Å². The average molecular weight is 362 g/mol. The number of methoxy groups -OCH3 is 1. The summed E-state index contributed by atoms with van der Waals surface area (Å²) in [5, 5.41) is 0. The van der Waals surface area contributed by atoms with Gasteiger partial charge in [0, 0.05) is 25.5 Å². The summed E-state index contributed by atoms with van der Waals surface area (Å²) in [6, 6.07) is 20.4. The molecule has 3 aromatic rings. The zero-order valence-electron chi connectivity index (χ0n) is 16.0. The average Bonchev–Trinajstić information content (AvgIpc) is 2.72. The van der Waals surface area contributed by atoms with Gasteiger partial charge in [-0.2, -0.15) is 0 Å². The molecule has 0 bridgehead atoms. The Morgan fingerprint density at radius 1 is 0.852 bits per heavy atom. The Bertz CT molecular complexity index is 822. The maximum Gasteiger partial charge on any atom is 0.161 e. The van der Waals surface area contributed by atoms with Crippen LogP contribution in [0.4, 0.5) is 0 Å². The fourth-order valence-electron chi connectivity index (χ4n) is 2.93. The van der Waals surface area contributed by atoms with Crippen LogP contribution >= 0.6 is 0 Å². The predicted molar refractivity (Wildman–Crippen MR) is 108 cm³/mol. The van der Waals surface area contributed by atoms with Crippen LogP contribution in [0.1, 0.15) is 16.7 Å². The van der Waals surface area contributed by atoms with Gasteiger partial charge in [-0.25, -0.2) is 0 Å². The Morgan fingerprint density at radius 3 is 2.37 bits per heavy atom. The van der Waals surface area contributed by atoms with E-state index in [1.165, 1.54) is 11.1 Å². The highest BCUT2D eigenvalue weighted by atomic mass is 16.5. The van der Waals surface area contributed by atoms with Crippen molar-refractivity contribution in [3.05, 3.63) is 89.7 Å². The predicted octanol–water partition coefficient (Wildman–Crippen LogP) is 4.34. The first-order valence-corrected chi connectivity index (χ1v) is 9.15. The molecule has 27 heavy (non-hydrogen) atoms. The molecule has 0 saturated carbocycles. The molecule has 0 aliphatic carbocycles. The van der Waals surface area contributed by atoms with Gasteiger partial charge in [-0.15, -0.1) is 0 Å². The quantitative estimate of drug-likeness (QED) is 0.567. The van der Waals surface area contributed by atoms with Gasteiger partial charge >= 0.3 is 0 Å². The maximum atomic E-state index is 5.93. The fourth-order valence-corrected chi connectivity index (χ4v) is 2.93. The number of benzene rings is 2. The van der Waals surface area contributed by atoms with Crippen LogP contribution in [-0.4, -0.2) is 30.6 Å². The molecule has 0 fully saturated rings. The third-order valence-electron chi connectivity index (χ3n) is 4.45. The van der Waals surface area contributed by atoms with Gasteiger partial charge in [0.1, 0.15) is 6.61 Å². The molecule has 2 aromatic carbocycles. The van der Waals surface area contributed by atoms with Crippen molar-refractivity contribution in [3.8, 4) is 11.5 Å². The van der Waals surface area contributed by atoms with Crippen LogP contribution in [0.5, 0.6) is 11.5 Å². The molecule has 0 aliphatic heterocycles. The second-order valence-corrected chi connectivity index (χ2v) is 6.60. The molecule has 0 aliphatic rings. The molecule has 140 valence electrons. The Balaban J connectivity index is 1.56. The van der Waals surface area contributed by atoms with Crippen molar-refractivity contribution in [2.45, 2.75) is 19.6 Å². The number of hydrogen-bond donors (Lipinski definition) is 0. The Morgan fingerprint density at radius 2 is 1.63 bits per heavy atom. The molecule has 1 aromatic heterocycles. The number of rotatable bonds is 9. The molecule has 0 radical (unpaired) electrons. The molecule has 4 nitrogen and oxygen atoms in total. The Kier molecular flexibility index (Phi) is 6.83. The van der Waals surface area contributed by atoms with Gasteiger partial charge in [-0.3, -0.25) is 4.98 Å². The van der Waals surface area contributed by atoms with Gasteiger partial charge in [0.2, 0.25) is 0 Å². The van der Waals surface area contributed by atoms with Crippen molar-refractivity contribution in [2.24, 2.45) is 0 Å². The molecular formula is C23H26N2O2. The summed E-state index contributed by atoms with van der Waals surface area (Å²) in [4.78, 5) is 6.37. The summed E-state index contributed by atoms with van der Waals surface area (Å²) in [6.45, 7) is 2.38. The van der Waals surface area contributed by atoms with Crippen molar-refractivity contribution in [1.29, 1.82) is 0 Å². The molecule has 0 amide bonds. The highest BCUT2D eigenvalue weighted by Crippen LogP contribution is 2.29. The highest BCUT2D eigenvalue weighted by Gasteiger charge is 2.08. The normalized spacial score (nSPS) is 10.8. The number of nitrogens with zero attached hydrogens (tertiary/aromatic N) is 2. The van der Waals surface area contributed by atoms with Crippen molar-refractivity contribution in [1.82, 2.24) is 9.88 Å². The number of pyridine rings is 1. The lowest BCUT2D eigenvalue weighted by Gasteiger charge is -2.18. The molecule has 1 heterocycles. The van der Waals surface area contributed by atoms with E-state index in [4.69, 9.17) is 9.47 Å². The second kappa shape index (κ2) is 9.74. The van der Waals surface area contributed by atoms with E-state index in [9.17, 15) is 0 Å².